The zero-order valence-electron chi connectivity index (χ0n) is 11.5. The second-order valence-electron chi connectivity index (χ2n) is 4.84. The fourth-order valence-corrected chi connectivity index (χ4v) is 1.86. The lowest BCUT2D eigenvalue weighted by Crippen LogP contribution is -2.29. The quantitative estimate of drug-likeness (QED) is 0.737. The van der Waals surface area contributed by atoms with Crippen LogP contribution >= 0.6 is 0 Å². The van der Waals surface area contributed by atoms with Crippen LogP contribution < -0.4 is 5.32 Å². The molecule has 1 aromatic rings. The first kappa shape index (κ1) is 16.0. The SMILES string of the molecule is CCCCCC(C)NCCn1cc(C(F)(F)F)cn1. The molecule has 0 amide bonds. The standard InChI is InChI=1S/C13H22F3N3/c1-3-4-5-6-11(2)17-7-8-19-10-12(9-18-19)13(14,15)16/h9-11,17H,3-8H2,1-2H3. The Balaban J connectivity index is 2.24. The van der Waals surface area contributed by atoms with Crippen LogP contribution in [0.2, 0.25) is 0 Å². The van der Waals surface area contributed by atoms with E-state index in [-0.39, 0.29) is 0 Å². The van der Waals surface area contributed by atoms with E-state index in [1.807, 2.05) is 0 Å². The maximum absolute atomic E-state index is 12.4. The average molecular weight is 277 g/mol. The Hall–Kier alpha value is -1.04. The van der Waals surface area contributed by atoms with E-state index in [0.29, 0.717) is 19.1 Å². The molecule has 1 heterocycles. The fourth-order valence-electron chi connectivity index (χ4n) is 1.86. The maximum atomic E-state index is 12.4. The van der Waals surface area contributed by atoms with Gasteiger partial charge >= 0.3 is 6.18 Å². The molecule has 1 N–H and O–H groups in total. The third-order valence-corrected chi connectivity index (χ3v) is 3.03. The van der Waals surface area contributed by atoms with Gasteiger partial charge in [-0.1, -0.05) is 26.2 Å². The molecule has 1 aromatic heterocycles. The molecule has 1 atom stereocenters. The monoisotopic (exact) mass is 277 g/mol. The van der Waals surface area contributed by atoms with Crippen molar-refractivity contribution in [3.05, 3.63) is 18.0 Å². The Kier molecular flexibility index (Phi) is 6.34. The van der Waals surface area contributed by atoms with Gasteiger partial charge in [0, 0.05) is 18.8 Å². The van der Waals surface area contributed by atoms with Gasteiger partial charge in [-0.25, -0.2) is 0 Å². The highest BCUT2D eigenvalue weighted by atomic mass is 19.4. The summed E-state index contributed by atoms with van der Waals surface area (Å²) in [5.41, 5.74) is -0.691. The normalized spacial score (nSPS) is 13.7. The Labute approximate surface area is 112 Å². The summed E-state index contributed by atoms with van der Waals surface area (Å²) in [5, 5.41) is 7.01. The molecule has 0 aromatic carbocycles. The zero-order valence-corrected chi connectivity index (χ0v) is 11.5. The molecular formula is C13H22F3N3. The molecule has 0 saturated carbocycles. The van der Waals surface area contributed by atoms with Gasteiger partial charge in [0.2, 0.25) is 0 Å². The van der Waals surface area contributed by atoms with Crippen molar-refractivity contribution in [3.8, 4) is 0 Å². The second kappa shape index (κ2) is 7.53. The molecule has 0 aliphatic carbocycles. The third kappa shape index (κ3) is 6.09. The third-order valence-electron chi connectivity index (χ3n) is 3.03. The number of nitrogens with one attached hydrogen (secondary N) is 1. The molecule has 0 saturated heterocycles. The van der Waals surface area contributed by atoms with E-state index in [0.717, 1.165) is 18.8 Å². The molecule has 0 fully saturated rings. The van der Waals surface area contributed by atoms with Crippen molar-refractivity contribution in [1.82, 2.24) is 15.1 Å². The van der Waals surface area contributed by atoms with E-state index < -0.39 is 11.7 Å². The lowest BCUT2D eigenvalue weighted by Gasteiger charge is -2.13. The van der Waals surface area contributed by atoms with Crippen LogP contribution in [0.15, 0.2) is 12.4 Å². The Bertz CT molecular complexity index is 360. The summed E-state index contributed by atoms with van der Waals surface area (Å²) in [7, 11) is 0. The van der Waals surface area contributed by atoms with Crippen LogP contribution in [-0.4, -0.2) is 22.4 Å². The van der Waals surface area contributed by atoms with E-state index >= 15 is 0 Å². The van der Waals surface area contributed by atoms with Gasteiger partial charge in [0.25, 0.3) is 0 Å². The summed E-state index contributed by atoms with van der Waals surface area (Å²) in [6.45, 7) is 5.34. The predicted octanol–water partition coefficient (Wildman–Crippen LogP) is 3.46. The highest BCUT2D eigenvalue weighted by Gasteiger charge is 2.32. The minimum Gasteiger partial charge on any atom is -0.312 e. The number of hydrogen-bond donors (Lipinski definition) is 1. The summed E-state index contributed by atoms with van der Waals surface area (Å²) in [6.07, 6.45) is 2.30. The maximum Gasteiger partial charge on any atom is 0.419 e. The van der Waals surface area contributed by atoms with Crippen LogP contribution in [0, 0.1) is 0 Å². The first-order chi connectivity index (χ1) is 8.93. The molecule has 19 heavy (non-hydrogen) atoms. The van der Waals surface area contributed by atoms with E-state index in [4.69, 9.17) is 0 Å². The second-order valence-corrected chi connectivity index (χ2v) is 4.84. The van der Waals surface area contributed by atoms with Crippen molar-refractivity contribution >= 4 is 0 Å². The van der Waals surface area contributed by atoms with Crippen molar-refractivity contribution in [2.45, 2.75) is 58.3 Å². The van der Waals surface area contributed by atoms with Gasteiger partial charge in [0.1, 0.15) is 0 Å². The Morgan fingerprint density at radius 2 is 2.11 bits per heavy atom. The lowest BCUT2D eigenvalue weighted by molar-refractivity contribution is -0.137. The van der Waals surface area contributed by atoms with Crippen LogP contribution in [-0.2, 0) is 12.7 Å². The average Bonchev–Trinajstić information content (AvgIpc) is 2.78. The van der Waals surface area contributed by atoms with Crippen molar-refractivity contribution in [1.29, 1.82) is 0 Å². The molecule has 0 aliphatic heterocycles. The Morgan fingerprint density at radius 1 is 1.37 bits per heavy atom. The van der Waals surface area contributed by atoms with Crippen LogP contribution in [0.5, 0.6) is 0 Å². The van der Waals surface area contributed by atoms with Crippen LogP contribution in [0.4, 0.5) is 13.2 Å². The predicted molar refractivity (Wildman–Crippen MR) is 68.8 cm³/mol. The van der Waals surface area contributed by atoms with Gasteiger partial charge in [-0.15, -0.1) is 0 Å². The van der Waals surface area contributed by atoms with Gasteiger partial charge in [0.05, 0.1) is 18.3 Å². The molecule has 0 bridgehead atoms. The highest BCUT2D eigenvalue weighted by molar-refractivity contribution is 5.08. The molecule has 3 nitrogen and oxygen atoms in total. The highest BCUT2D eigenvalue weighted by Crippen LogP contribution is 2.28. The zero-order chi connectivity index (χ0) is 14.3. The van der Waals surface area contributed by atoms with Gasteiger partial charge < -0.3 is 5.32 Å². The van der Waals surface area contributed by atoms with Crippen LogP contribution in [0.3, 0.4) is 0 Å². The summed E-state index contributed by atoms with van der Waals surface area (Å²) < 4.78 is 38.4. The number of rotatable bonds is 8. The lowest BCUT2D eigenvalue weighted by atomic mass is 10.1. The summed E-state index contributed by atoms with van der Waals surface area (Å²) in [5.74, 6) is 0. The van der Waals surface area contributed by atoms with Crippen molar-refractivity contribution < 1.29 is 13.2 Å². The molecular weight excluding hydrogens is 255 g/mol. The summed E-state index contributed by atoms with van der Waals surface area (Å²) >= 11 is 0. The number of alkyl halides is 3. The van der Waals surface area contributed by atoms with Crippen LogP contribution in [0.1, 0.15) is 45.1 Å². The van der Waals surface area contributed by atoms with E-state index in [9.17, 15) is 13.2 Å². The number of unbranched alkanes of at least 4 members (excludes halogenated alkanes) is 2. The minimum absolute atomic E-state index is 0.393. The fraction of sp³-hybridized carbons (Fsp3) is 0.769. The largest absolute Gasteiger partial charge is 0.419 e. The molecule has 0 aliphatic rings. The van der Waals surface area contributed by atoms with Crippen LogP contribution in [0.25, 0.3) is 0 Å². The molecule has 6 heteroatoms. The smallest absolute Gasteiger partial charge is 0.312 e. The number of halogens is 3. The summed E-state index contributed by atoms with van der Waals surface area (Å²) in [6, 6.07) is 0.393. The first-order valence-corrected chi connectivity index (χ1v) is 6.76. The van der Waals surface area contributed by atoms with Gasteiger partial charge in [0.15, 0.2) is 0 Å². The van der Waals surface area contributed by atoms with Crippen molar-refractivity contribution in [2.75, 3.05) is 6.54 Å². The Morgan fingerprint density at radius 3 is 2.68 bits per heavy atom. The van der Waals surface area contributed by atoms with E-state index in [1.54, 1.807) is 0 Å². The molecule has 0 radical (unpaired) electrons. The topological polar surface area (TPSA) is 29.9 Å². The van der Waals surface area contributed by atoms with Gasteiger partial charge in [-0.05, 0) is 13.3 Å². The van der Waals surface area contributed by atoms with Crippen molar-refractivity contribution in [3.63, 3.8) is 0 Å². The minimum atomic E-state index is -4.31. The number of nitrogens with zero attached hydrogens (tertiary/aromatic N) is 2. The molecule has 110 valence electrons. The van der Waals surface area contributed by atoms with E-state index in [1.165, 1.54) is 23.9 Å². The first-order valence-electron chi connectivity index (χ1n) is 6.76. The molecule has 1 unspecified atom stereocenters. The van der Waals surface area contributed by atoms with Gasteiger partial charge in [-0.3, -0.25) is 4.68 Å². The number of hydrogen-bond acceptors (Lipinski definition) is 2. The van der Waals surface area contributed by atoms with E-state index in [2.05, 4.69) is 24.3 Å². The molecule has 0 spiro atoms. The van der Waals surface area contributed by atoms with Crippen molar-refractivity contribution in [2.24, 2.45) is 0 Å². The number of aromatic nitrogens is 2. The summed E-state index contributed by atoms with van der Waals surface area (Å²) in [4.78, 5) is 0. The molecule has 1 rings (SSSR count). The van der Waals surface area contributed by atoms with Gasteiger partial charge in [-0.2, -0.15) is 18.3 Å².